The zero-order chi connectivity index (χ0) is 14.4. The van der Waals surface area contributed by atoms with Crippen molar-refractivity contribution in [2.75, 3.05) is 0 Å². The van der Waals surface area contributed by atoms with Crippen molar-refractivity contribution < 1.29 is 0 Å². The predicted molar refractivity (Wildman–Crippen MR) is 90.1 cm³/mol. The molecule has 106 valence electrons. The van der Waals surface area contributed by atoms with Gasteiger partial charge in [-0.2, -0.15) is 11.3 Å². The Morgan fingerprint density at radius 3 is 3.14 bits per heavy atom. The summed E-state index contributed by atoms with van der Waals surface area (Å²) in [5.74, 6) is 0.850. The van der Waals surface area contributed by atoms with Crippen LogP contribution in [-0.4, -0.2) is 9.55 Å². The van der Waals surface area contributed by atoms with Crippen molar-refractivity contribution in [3.8, 4) is 0 Å². The third-order valence-electron chi connectivity index (χ3n) is 3.83. The Bertz CT molecular complexity index is 900. The molecule has 3 aromatic heterocycles. The maximum atomic E-state index is 12.6. The summed E-state index contributed by atoms with van der Waals surface area (Å²) in [6.45, 7) is 2.85. The molecule has 1 aliphatic rings. The van der Waals surface area contributed by atoms with Gasteiger partial charge in [-0.25, -0.2) is 4.98 Å². The Morgan fingerprint density at radius 1 is 1.48 bits per heavy atom. The van der Waals surface area contributed by atoms with Gasteiger partial charge in [0.15, 0.2) is 0 Å². The number of hydrogen-bond donors (Lipinski definition) is 0. The van der Waals surface area contributed by atoms with Gasteiger partial charge in [-0.3, -0.25) is 9.36 Å². The number of allylic oxidation sites excluding steroid dienone is 1. The van der Waals surface area contributed by atoms with E-state index in [4.69, 9.17) is 4.98 Å². The maximum absolute atomic E-state index is 12.6. The van der Waals surface area contributed by atoms with E-state index < -0.39 is 0 Å². The molecule has 0 aliphatic carbocycles. The zero-order valence-corrected chi connectivity index (χ0v) is 13.3. The van der Waals surface area contributed by atoms with E-state index in [0.29, 0.717) is 0 Å². The van der Waals surface area contributed by atoms with Crippen LogP contribution in [0.4, 0.5) is 0 Å². The normalized spacial score (nSPS) is 16.0. The molecule has 4 heterocycles. The summed E-state index contributed by atoms with van der Waals surface area (Å²) >= 11 is 3.32. The Morgan fingerprint density at radius 2 is 2.38 bits per heavy atom. The van der Waals surface area contributed by atoms with Gasteiger partial charge in [0.2, 0.25) is 0 Å². The summed E-state index contributed by atoms with van der Waals surface area (Å²) in [5.41, 5.74) is 2.47. The van der Waals surface area contributed by atoms with Gasteiger partial charge in [0, 0.05) is 11.4 Å². The molecule has 0 saturated carbocycles. The Labute approximate surface area is 130 Å². The fraction of sp³-hybridized carbons (Fsp3) is 0.250. The van der Waals surface area contributed by atoms with Crippen molar-refractivity contribution in [1.29, 1.82) is 0 Å². The molecule has 0 atom stereocenters. The smallest absolute Gasteiger partial charge is 0.262 e. The highest BCUT2D eigenvalue weighted by atomic mass is 32.1. The molecule has 3 aromatic rings. The lowest BCUT2D eigenvalue weighted by atomic mass is 10.1. The third kappa shape index (κ3) is 2.08. The molecule has 0 N–H and O–H groups in total. The summed E-state index contributed by atoms with van der Waals surface area (Å²) in [4.78, 5) is 19.5. The number of aromatic nitrogens is 2. The molecule has 0 bridgehead atoms. The lowest BCUT2D eigenvalue weighted by molar-refractivity contribution is 0.726. The molecule has 0 unspecified atom stereocenters. The van der Waals surface area contributed by atoms with E-state index in [2.05, 4.69) is 29.8 Å². The lowest BCUT2D eigenvalue weighted by Crippen LogP contribution is -2.19. The second-order valence-corrected chi connectivity index (χ2v) is 7.05. The fourth-order valence-electron chi connectivity index (χ4n) is 2.73. The summed E-state index contributed by atoms with van der Waals surface area (Å²) < 4.78 is 1.83. The van der Waals surface area contributed by atoms with Gasteiger partial charge in [-0.05, 0) is 52.9 Å². The highest BCUT2D eigenvalue weighted by Crippen LogP contribution is 2.30. The fourth-order valence-corrected chi connectivity index (χ4v) is 4.31. The van der Waals surface area contributed by atoms with Crippen LogP contribution in [0.15, 0.2) is 27.7 Å². The molecule has 4 rings (SSSR count). The van der Waals surface area contributed by atoms with E-state index in [9.17, 15) is 4.79 Å². The zero-order valence-electron chi connectivity index (χ0n) is 11.6. The van der Waals surface area contributed by atoms with Crippen LogP contribution >= 0.6 is 22.7 Å². The molecule has 0 aromatic carbocycles. The van der Waals surface area contributed by atoms with Crippen molar-refractivity contribution in [3.05, 3.63) is 49.5 Å². The molecule has 3 nitrogen and oxygen atoms in total. The Hall–Kier alpha value is -1.72. The van der Waals surface area contributed by atoms with Gasteiger partial charge in [-0.15, -0.1) is 11.3 Å². The van der Waals surface area contributed by atoms with Crippen LogP contribution in [-0.2, 0) is 13.0 Å². The molecule has 0 radical (unpaired) electrons. The molecule has 0 amide bonds. The minimum absolute atomic E-state index is 0.111. The first-order chi connectivity index (χ1) is 10.3. The maximum Gasteiger partial charge on any atom is 0.262 e. The largest absolute Gasteiger partial charge is 0.292 e. The van der Waals surface area contributed by atoms with E-state index in [1.165, 1.54) is 16.0 Å². The molecular formula is C16H14N2OS2. The summed E-state index contributed by atoms with van der Waals surface area (Å²) in [5, 5.41) is 4.96. The first-order valence-electron chi connectivity index (χ1n) is 7.02. The van der Waals surface area contributed by atoms with Crippen molar-refractivity contribution in [2.24, 2.45) is 0 Å². The number of hydrogen-bond acceptors (Lipinski definition) is 4. The molecular weight excluding hydrogens is 300 g/mol. The predicted octanol–water partition coefficient (Wildman–Crippen LogP) is 4.03. The van der Waals surface area contributed by atoms with E-state index in [0.717, 1.165) is 35.4 Å². The number of rotatable bonds is 2. The van der Waals surface area contributed by atoms with Crippen LogP contribution in [0, 0.1) is 0 Å². The van der Waals surface area contributed by atoms with E-state index >= 15 is 0 Å². The highest BCUT2D eigenvalue weighted by molar-refractivity contribution is 7.18. The Balaban J connectivity index is 1.92. The highest BCUT2D eigenvalue weighted by Gasteiger charge is 2.21. The second kappa shape index (κ2) is 4.93. The van der Waals surface area contributed by atoms with E-state index in [1.807, 2.05) is 10.6 Å². The molecule has 0 spiro atoms. The van der Waals surface area contributed by atoms with Crippen molar-refractivity contribution >= 4 is 44.5 Å². The molecule has 0 saturated heterocycles. The van der Waals surface area contributed by atoms with Crippen LogP contribution in [0.2, 0.25) is 0 Å². The van der Waals surface area contributed by atoms with Crippen LogP contribution in [0.5, 0.6) is 0 Å². The quantitative estimate of drug-likeness (QED) is 0.716. The summed E-state index contributed by atoms with van der Waals surface area (Å²) in [6.07, 6.45) is 3.99. The number of thiophene rings is 2. The minimum atomic E-state index is 0.111. The van der Waals surface area contributed by atoms with Gasteiger partial charge in [0.05, 0.1) is 5.39 Å². The van der Waals surface area contributed by atoms with Gasteiger partial charge in [-0.1, -0.05) is 6.92 Å². The van der Waals surface area contributed by atoms with Crippen LogP contribution in [0.25, 0.3) is 21.9 Å². The first kappa shape index (κ1) is 13.0. The number of aryl methyl sites for hydroxylation is 1. The van der Waals surface area contributed by atoms with Crippen LogP contribution in [0.1, 0.15) is 29.6 Å². The molecule has 5 heteroatoms. The lowest BCUT2D eigenvalue weighted by Gasteiger charge is -2.02. The van der Waals surface area contributed by atoms with Gasteiger partial charge in [0.25, 0.3) is 5.56 Å². The van der Waals surface area contributed by atoms with E-state index in [1.54, 1.807) is 22.7 Å². The average molecular weight is 314 g/mol. The molecule has 21 heavy (non-hydrogen) atoms. The number of nitrogens with zero attached hydrogens (tertiary/aromatic N) is 2. The van der Waals surface area contributed by atoms with Crippen molar-refractivity contribution in [2.45, 2.75) is 26.3 Å². The topological polar surface area (TPSA) is 34.9 Å². The Kier molecular flexibility index (Phi) is 3.05. The second-order valence-electron chi connectivity index (χ2n) is 5.15. The van der Waals surface area contributed by atoms with Crippen LogP contribution < -0.4 is 5.56 Å². The van der Waals surface area contributed by atoms with Gasteiger partial charge >= 0.3 is 0 Å². The third-order valence-corrected chi connectivity index (χ3v) is 5.70. The minimum Gasteiger partial charge on any atom is -0.292 e. The number of fused-ring (bicyclic) bond motifs is 2. The first-order valence-corrected chi connectivity index (χ1v) is 8.78. The molecule has 0 fully saturated rings. The summed E-state index contributed by atoms with van der Waals surface area (Å²) in [7, 11) is 0. The SMILES string of the molecule is CCc1cc2c(=O)n3c(nc2s1)/C(=C\c1ccsc1)CC3. The van der Waals surface area contributed by atoms with Gasteiger partial charge < -0.3 is 0 Å². The average Bonchev–Trinajstić information content (AvgIpc) is 3.20. The monoisotopic (exact) mass is 314 g/mol. The van der Waals surface area contributed by atoms with E-state index in [-0.39, 0.29) is 5.56 Å². The summed E-state index contributed by atoms with van der Waals surface area (Å²) in [6, 6.07) is 4.10. The van der Waals surface area contributed by atoms with Crippen LogP contribution in [0.3, 0.4) is 0 Å². The van der Waals surface area contributed by atoms with Crippen molar-refractivity contribution in [3.63, 3.8) is 0 Å². The van der Waals surface area contributed by atoms with Gasteiger partial charge in [0.1, 0.15) is 10.7 Å². The molecule has 1 aliphatic heterocycles. The standard InChI is InChI=1S/C16H14N2OS2/c1-2-12-8-13-15(21-12)17-14-11(3-5-18(14)16(13)19)7-10-4-6-20-9-10/h4,6-9H,2-3,5H2,1H3/b11-7-. The van der Waals surface area contributed by atoms with Crippen molar-refractivity contribution in [1.82, 2.24) is 9.55 Å².